The van der Waals surface area contributed by atoms with Gasteiger partial charge >= 0.3 is 0 Å². The fraction of sp³-hybridized carbons (Fsp3) is 0.600. The summed E-state index contributed by atoms with van der Waals surface area (Å²) in [5.41, 5.74) is 1.34. The van der Waals surface area contributed by atoms with Crippen LogP contribution in [0.5, 0.6) is 0 Å². The van der Waals surface area contributed by atoms with E-state index in [4.69, 9.17) is 0 Å². The Kier molecular flexibility index (Phi) is 5.49. The van der Waals surface area contributed by atoms with Crippen LogP contribution in [0.3, 0.4) is 0 Å². The number of benzene rings is 1. The number of likely N-dealkylation sites (tertiary alicyclic amines) is 1. The minimum absolute atomic E-state index is 0.167. The molecule has 5 heteroatoms. The highest BCUT2D eigenvalue weighted by Crippen LogP contribution is 2.17. The maximum absolute atomic E-state index is 10.6. The maximum Gasteiger partial charge on any atom is 0.269 e. The number of rotatable bonds is 6. The molecule has 1 unspecified atom stereocenters. The Labute approximate surface area is 120 Å². The van der Waals surface area contributed by atoms with E-state index in [0.29, 0.717) is 0 Å². The molecule has 0 aliphatic carbocycles. The molecule has 1 saturated heterocycles. The van der Waals surface area contributed by atoms with Crippen LogP contribution < -0.4 is 5.32 Å². The van der Waals surface area contributed by atoms with Crippen molar-refractivity contribution in [3.8, 4) is 0 Å². The number of hydrogen-bond acceptors (Lipinski definition) is 4. The molecule has 0 aromatic heterocycles. The molecule has 1 aliphatic rings. The summed E-state index contributed by atoms with van der Waals surface area (Å²) in [6.45, 7) is 4.47. The number of nitro groups is 1. The van der Waals surface area contributed by atoms with E-state index >= 15 is 0 Å². The molecule has 2 rings (SSSR count). The van der Waals surface area contributed by atoms with Crippen LogP contribution in [0.15, 0.2) is 24.3 Å². The quantitative estimate of drug-likeness (QED) is 0.639. The summed E-state index contributed by atoms with van der Waals surface area (Å²) < 4.78 is 0. The molecule has 1 N–H and O–H groups in total. The Morgan fingerprint density at radius 2 is 2.15 bits per heavy atom. The number of nitrogens with one attached hydrogen (secondary N) is 1. The predicted octanol–water partition coefficient (Wildman–Crippen LogP) is 2.07. The van der Waals surface area contributed by atoms with Gasteiger partial charge in [-0.15, -0.1) is 0 Å². The fourth-order valence-electron chi connectivity index (χ4n) is 2.88. The highest BCUT2D eigenvalue weighted by Gasteiger charge is 2.18. The highest BCUT2D eigenvalue weighted by atomic mass is 16.6. The van der Waals surface area contributed by atoms with Crippen molar-refractivity contribution in [3.63, 3.8) is 0 Å². The van der Waals surface area contributed by atoms with Crippen molar-refractivity contribution in [2.45, 2.75) is 19.3 Å². The monoisotopic (exact) mass is 277 g/mol. The highest BCUT2D eigenvalue weighted by molar-refractivity contribution is 5.32. The fourth-order valence-corrected chi connectivity index (χ4v) is 2.88. The van der Waals surface area contributed by atoms with Gasteiger partial charge in [-0.05, 0) is 50.9 Å². The first-order chi connectivity index (χ1) is 9.69. The lowest BCUT2D eigenvalue weighted by Crippen LogP contribution is -2.39. The van der Waals surface area contributed by atoms with Gasteiger partial charge in [0.15, 0.2) is 0 Å². The summed E-state index contributed by atoms with van der Waals surface area (Å²) >= 11 is 0. The molecule has 1 aliphatic heterocycles. The zero-order valence-electron chi connectivity index (χ0n) is 12.0. The van der Waals surface area contributed by atoms with Crippen molar-refractivity contribution in [2.24, 2.45) is 5.92 Å². The van der Waals surface area contributed by atoms with Gasteiger partial charge in [0.25, 0.3) is 5.69 Å². The smallest absolute Gasteiger partial charge is 0.269 e. The Morgan fingerprint density at radius 1 is 1.40 bits per heavy atom. The van der Waals surface area contributed by atoms with E-state index in [9.17, 15) is 10.1 Å². The summed E-state index contributed by atoms with van der Waals surface area (Å²) in [6, 6.07) is 6.92. The average molecular weight is 277 g/mol. The Balaban J connectivity index is 1.80. The van der Waals surface area contributed by atoms with Crippen LogP contribution in [0.4, 0.5) is 5.69 Å². The summed E-state index contributed by atoms with van der Waals surface area (Å²) in [5.74, 6) is 0.755. The molecule has 0 bridgehead atoms. The largest absolute Gasteiger partial charge is 0.319 e. The van der Waals surface area contributed by atoms with Crippen molar-refractivity contribution in [1.82, 2.24) is 10.2 Å². The van der Waals surface area contributed by atoms with Crippen LogP contribution in [-0.2, 0) is 6.42 Å². The Morgan fingerprint density at radius 3 is 2.80 bits per heavy atom. The third-order valence-corrected chi connectivity index (χ3v) is 3.96. The topological polar surface area (TPSA) is 58.4 Å². The first-order valence-electron chi connectivity index (χ1n) is 7.29. The molecule has 20 heavy (non-hydrogen) atoms. The van der Waals surface area contributed by atoms with Crippen molar-refractivity contribution in [1.29, 1.82) is 0 Å². The van der Waals surface area contributed by atoms with E-state index in [1.807, 2.05) is 19.2 Å². The minimum atomic E-state index is -0.350. The molecule has 1 heterocycles. The van der Waals surface area contributed by atoms with Gasteiger partial charge in [-0.1, -0.05) is 12.1 Å². The molecule has 0 amide bonds. The lowest BCUT2D eigenvalue weighted by molar-refractivity contribution is -0.384. The second-order valence-corrected chi connectivity index (χ2v) is 5.54. The van der Waals surface area contributed by atoms with Gasteiger partial charge in [0, 0.05) is 25.2 Å². The molecule has 0 spiro atoms. The first-order valence-corrected chi connectivity index (χ1v) is 7.29. The zero-order valence-corrected chi connectivity index (χ0v) is 12.0. The van der Waals surface area contributed by atoms with Gasteiger partial charge < -0.3 is 10.2 Å². The molecular weight excluding hydrogens is 254 g/mol. The number of nitro benzene ring substituents is 1. The van der Waals surface area contributed by atoms with Crippen LogP contribution in [0, 0.1) is 16.0 Å². The van der Waals surface area contributed by atoms with E-state index < -0.39 is 0 Å². The van der Waals surface area contributed by atoms with Gasteiger partial charge in [0.2, 0.25) is 0 Å². The second-order valence-electron chi connectivity index (χ2n) is 5.54. The van der Waals surface area contributed by atoms with Crippen molar-refractivity contribution in [3.05, 3.63) is 39.9 Å². The van der Waals surface area contributed by atoms with Gasteiger partial charge in [0.1, 0.15) is 0 Å². The standard InChI is InChI=1S/C15H23N3O2/c1-16-11-14-3-2-9-17(12-14)10-8-13-4-6-15(7-5-13)18(19)20/h4-7,14,16H,2-3,8-12H2,1H3. The minimum Gasteiger partial charge on any atom is -0.319 e. The van der Waals surface area contributed by atoms with E-state index in [-0.39, 0.29) is 10.6 Å². The van der Waals surface area contributed by atoms with Crippen LogP contribution in [0.2, 0.25) is 0 Å². The van der Waals surface area contributed by atoms with Crippen molar-refractivity contribution >= 4 is 5.69 Å². The van der Waals surface area contributed by atoms with E-state index in [1.54, 1.807) is 12.1 Å². The SMILES string of the molecule is CNCC1CCCN(CCc2ccc([N+](=O)[O-])cc2)C1. The van der Waals surface area contributed by atoms with Crippen LogP contribution in [0.1, 0.15) is 18.4 Å². The van der Waals surface area contributed by atoms with Gasteiger partial charge in [-0.3, -0.25) is 10.1 Å². The predicted molar refractivity (Wildman–Crippen MR) is 79.9 cm³/mol. The lowest BCUT2D eigenvalue weighted by Gasteiger charge is -2.32. The summed E-state index contributed by atoms with van der Waals surface area (Å²) in [7, 11) is 2.01. The summed E-state index contributed by atoms with van der Waals surface area (Å²) in [4.78, 5) is 12.8. The number of piperidine rings is 1. The van der Waals surface area contributed by atoms with Crippen molar-refractivity contribution < 1.29 is 4.92 Å². The van der Waals surface area contributed by atoms with Gasteiger partial charge in [0.05, 0.1) is 4.92 Å². The number of hydrogen-bond donors (Lipinski definition) is 1. The lowest BCUT2D eigenvalue weighted by atomic mass is 9.97. The molecule has 1 aromatic carbocycles. The summed E-state index contributed by atoms with van der Waals surface area (Å²) in [5, 5.41) is 13.9. The van der Waals surface area contributed by atoms with E-state index in [0.717, 1.165) is 32.0 Å². The molecule has 5 nitrogen and oxygen atoms in total. The van der Waals surface area contributed by atoms with Crippen LogP contribution >= 0.6 is 0 Å². The molecule has 1 aromatic rings. The normalized spacial score (nSPS) is 19.9. The third-order valence-electron chi connectivity index (χ3n) is 3.96. The average Bonchev–Trinajstić information content (AvgIpc) is 2.46. The molecule has 1 fully saturated rings. The van der Waals surface area contributed by atoms with E-state index in [2.05, 4.69) is 10.2 Å². The molecule has 110 valence electrons. The second kappa shape index (κ2) is 7.36. The molecule has 1 atom stereocenters. The van der Waals surface area contributed by atoms with Gasteiger partial charge in [-0.2, -0.15) is 0 Å². The first kappa shape index (κ1) is 14.9. The molecular formula is C15H23N3O2. The summed E-state index contributed by atoms with van der Waals surface area (Å²) in [6.07, 6.45) is 3.55. The number of non-ortho nitro benzene ring substituents is 1. The molecule has 0 radical (unpaired) electrons. The maximum atomic E-state index is 10.6. The van der Waals surface area contributed by atoms with Crippen molar-refractivity contribution in [2.75, 3.05) is 33.2 Å². The van der Waals surface area contributed by atoms with Gasteiger partial charge in [-0.25, -0.2) is 0 Å². The zero-order chi connectivity index (χ0) is 14.4. The third kappa shape index (κ3) is 4.28. The Hall–Kier alpha value is -1.46. The Bertz CT molecular complexity index is 431. The van der Waals surface area contributed by atoms with E-state index in [1.165, 1.54) is 24.9 Å². The van der Waals surface area contributed by atoms with Crippen LogP contribution in [0.25, 0.3) is 0 Å². The van der Waals surface area contributed by atoms with Crippen LogP contribution in [-0.4, -0.2) is 43.0 Å². The number of nitrogens with zero attached hydrogens (tertiary/aromatic N) is 2. The molecule has 0 saturated carbocycles.